The zero-order chi connectivity index (χ0) is 11.4. The van der Waals surface area contributed by atoms with E-state index in [4.69, 9.17) is 21.4 Å². The number of benzene rings is 1. The van der Waals surface area contributed by atoms with Crippen LogP contribution < -0.4 is 4.74 Å². The Labute approximate surface area is 93.6 Å². The molecule has 0 aliphatic carbocycles. The Hall–Kier alpha value is -1.22. The monoisotopic (exact) mass is 228 g/mol. The highest BCUT2D eigenvalue weighted by Gasteiger charge is 2.11. The van der Waals surface area contributed by atoms with Crippen molar-refractivity contribution in [2.24, 2.45) is 0 Å². The quantitative estimate of drug-likeness (QED) is 0.861. The predicted octanol–water partition coefficient (Wildman–Crippen LogP) is 3.14. The smallest absolute Gasteiger partial charge is 0.335 e. The van der Waals surface area contributed by atoms with E-state index in [0.29, 0.717) is 17.4 Å². The Morgan fingerprint density at radius 3 is 2.67 bits per heavy atom. The van der Waals surface area contributed by atoms with Gasteiger partial charge in [-0.25, -0.2) is 4.79 Å². The first kappa shape index (κ1) is 11.9. The van der Waals surface area contributed by atoms with Gasteiger partial charge in [0.25, 0.3) is 0 Å². The molecule has 0 atom stereocenters. The molecule has 0 bridgehead atoms. The van der Waals surface area contributed by atoms with Crippen molar-refractivity contribution in [2.75, 3.05) is 6.61 Å². The van der Waals surface area contributed by atoms with Crippen molar-refractivity contribution in [1.29, 1.82) is 0 Å². The minimum Gasteiger partial charge on any atom is -0.492 e. The maximum atomic E-state index is 10.7. The SMILES string of the molecule is CCCOc1c(C)cc(C(=O)O)cc1Cl. The van der Waals surface area contributed by atoms with E-state index in [9.17, 15) is 4.79 Å². The number of rotatable bonds is 4. The van der Waals surface area contributed by atoms with Gasteiger partial charge in [0.2, 0.25) is 0 Å². The van der Waals surface area contributed by atoms with E-state index in [1.54, 1.807) is 13.0 Å². The van der Waals surface area contributed by atoms with E-state index in [1.807, 2.05) is 6.92 Å². The summed E-state index contributed by atoms with van der Waals surface area (Å²) in [6.07, 6.45) is 0.885. The van der Waals surface area contributed by atoms with Crippen molar-refractivity contribution < 1.29 is 14.6 Å². The lowest BCUT2D eigenvalue weighted by molar-refractivity contribution is 0.0696. The maximum Gasteiger partial charge on any atom is 0.335 e. The number of aromatic carboxylic acids is 1. The predicted molar refractivity (Wildman–Crippen MR) is 58.9 cm³/mol. The lowest BCUT2D eigenvalue weighted by Gasteiger charge is -2.10. The molecule has 0 fully saturated rings. The second-order valence-electron chi connectivity index (χ2n) is 3.26. The van der Waals surface area contributed by atoms with Crippen LogP contribution in [0.15, 0.2) is 12.1 Å². The minimum absolute atomic E-state index is 0.182. The van der Waals surface area contributed by atoms with Crippen LogP contribution >= 0.6 is 11.6 Å². The fourth-order valence-electron chi connectivity index (χ4n) is 1.24. The molecule has 0 spiro atoms. The van der Waals surface area contributed by atoms with E-state index in [-0.39, 0.29) is 5.56 Å². The summed E-state index contributed by atoms with van der Waals surface area (Å²) < 4.78 is 5.43. The first-order valence-electron chi connectivity index (χ1n) is 4.72. The van der Waals surface area contributed by atoms with Crippen LogP contribution in [-0.4, -0.2) is 17.7 Å². The van der Waals surface area contributed by atoms with Crippen molar-refractivity contribution in [3.8, 4) is 5.75 Å². The van der Waals surface area contributed by atoms with Crippen LogP contribution in [0.1, 0.15) is 29.3 Å². The molecule has 0 heterocycles. The Bertz CT molecular complexity index is 351. The number of hydrogen-bond donors (Lipinski definition) is 1. The van der Waals surface area contributed by atoms with Crippen LogP contribution in [0.5, 0.6) is 5.75 Å². The van der Waals surface area contributed by atoms with Crippen LogP contribution in [0.3, 0.4) is 0 Å². The second-order valence-corrected chi connectivity index (χ2v) is 3.66. The number of carbonyl (C=O) groups is 1. The van der Waals surface area contributed by atoms with Gasteiger partial charge < -0.3 is 9.84 Å². The summed E-state index contributed by atoms with van der Waals surface area (Å²) in [5.74, 6) is -0.412. The Morgan fingerprint density at radius 2 is 2.20 bits per heavy atom. The van der Waals surface area contributed by atoms with Gasteiger partial charge in [-0.05, 0) is 31.0 Å². The molecule has 0 aliphatic rings. The molecule has 0 amide bonds. The number of ether oxygens (including phenoxy) is 1. The average molecular weight is 229 g/mol. The van der Waals surface area contributed by atoms with Crippen LogP contribution in [0.2, 0.25) is 5.02 Å². The van der Waals surface area contributed by atoms with Crippen LogP contribution in [-0.2, 0) is 0 Å². The van der Waals surface area contributed by atoms with Gasteiger partial charge in [-0.3, -0.25) is 0 Å². The zero-order valence-electron chi connectivity index (χ0n) is 8.71. The third kappa shape index (κ3) is 2.86. The molecule has 1 aromatic rings. The van der Waals surface area contributed by atoms with Crippen molar-refractivity contribution in [1.82, 2.24) is 0 Å². The van der Waals surface area contributed by atoms with E-state index >= 15 is 0 Å². The van der Waals surface area contributed by atoms with Crippen LogP contribution in [0.4, 0.5) is 0 Å². The Kier molecular flexibility index (Phi) is 3.97. The number of hydrogen-bond acceptors (Lipinski definition) is 2. The molecule has 1 rings (SSSR count). The van der Waals surface area contributed by atoms with Crippen molar-refractivity contribution in [3.63, 3.8) is 0 Å². The fraction of sp³-hybridized carbons (Fsp3) is 0.364. The fourth-order valence-corrected chi connectivity index (χ4v) is 1.56. The van der Waals surface area contributed by atoms with E-state index in [0.717, 1.165) is 12.0 Å². The molecule has 15 heavy (non-hydrogen) atoms. The molecule has 0 saturated heterocycles. The molecule has 3 nitrogen and oxygen atoms in total. The van der Waals surface area contributed by atoms with E-state index in [2.05, 4.69) is 0 Å². The van der Waals surface area contributed by atoms with Gasteiger partial charge in [-0.1, -0.05) is 18.5 Å². The molecule has 0 saturated carbocycles. The van der Waals surface area contributed by atoms with Crippen LogP contribution in [0.25, 0.3) is 0 Å². The van der Waals surface area contributed by atoms with Crippen molar-refractivity contribution in [3.05, 3.63) is 28.3 Å². The molecule has 0 radical (unpaired) electrons. The standard InChI is InChI=1S/C11H13ClO3/c1-3-4-15-10-7(2)5-8(11(13)14)6-9(10)12/h5-6H,3-4H2,1-2H3,(H,13,14). The highest BCUT2D eigenvalue weighted by Crippen LogP contribution is 2.30. The molecule has 4 heteroatoms. The summed E-state index contributed by atoms with van der Waals surface area (Å²) in [6.45, 7) is 4.35. The highest BCUT2D eigenvalue weighted by molar-refractivity contribution is 6.32. The molecule has 0 aliphatic heterocycles. The van der Waals surface area contributed by atoms with E-state index < -0.39 is 5.97 Å². The third-order valence-corrected chi connectivity index (χ3v) is 2.21. The van der Waals surface area contributed by atoms with Gasteiger partial charge in [0.05, 0.1) is 17.2 Å². The summed E-state index contributed by atoms with van der Waals surface area (Å²) >= 11 is 5.93. The summed E-state index contributed by atoms with van der Waals surface area (Å²) in [7, 11) is 0. The normalized spacial score (nSPS) is 10.1. The molecule has 1 aromatic carbocycles. The third-order valence-electron chi connectivity index (χ3n) is 1.93. The lowest BCUT2D eigenvalue weighted by Crippen LogP contribution is -2.01. The average Bonchev–Trinajstić information content (AvgIpc) is 2.16. The molecule has 1 N–H and O–H groups in total. The lowest BCUT2D eigenvalue weighted by atomic mass is 10.1. The molecular formula is C11H13ClO3. The number of carboxylic acids is 1. The Morgan fingerprint density at radius 1 is 1.53 bits per heavy atom. The summed E-state index contributed by atoms with van der Waals surface area (Å²) in [4.78, 5) is 10.7. The summed E-state index contributed by atoms with van der Waals surface area (Å²) in [6, 6.07) is 2.96. The maximum absolute atomic E-state index is 10.7. The van der Waals surface area contributed by atoms with E-state index in [1.165, 1.54) is 6.07 Å². The largest absolute Gasteiger partial charge is 0.492 e. The first-order chi connectivity index (χ1) is 7.06. The molecule has 0 unspecified atom stereocenters. The summed E-state index contributed by atoms with van der Waals surface area (Å²) in [5.41, 5.74) is 0.926. The van der Waals surface area contributed by atoms with Gasteiger partial charge in [-0.15, -0.1) is 0 Å². The first-order valence-corrected chi connectivity index (χ1v) is 5.10. The highest BCUT2D eigenvalue weighted by atomic mass is 35.5. The van der Waals surface area contributed by atoms with Gasteiger partial charge in [0.1, 0.15) is 5.75 Å². The van der Waals surface area contributed by atoms with Crippen LogP contribution in [0, 0.1) is 6.92 Å². The number of aryl methyl sites for hydroxylation is 1. The van der Waals surface area contributed by atoms with Crippen molar-refractivity contribution >= 4 is 17.6 Å². The van der Waals surface area contributed by atoms with Crippen molar-refractivity contribution in [2.45, 2.75) is 20.3 Å². The van der Waals surface area contributed by atoms with Gasteiger partial charge >= 0.3 is 5.97 Å². The Balaban J connectivity index is 3.04. The number of halogens is 1. The number of carboxylic acid groups (broad SMARTS) is 1. The topological polar surface area (TPSA) is 46.5 Å². The summed E-state index contributed by atoms with van der Waals surface area (Å²) in [5, 5.41) is 9.15. The van der Waals surface area contributed by atoms with Gasteiger partial charge in [-0.2, -0.15) is 0 Å². The molecule has 0 aromatic heterocycles. The molecule has 82 valence electrons. The minimum atomic E-state index is -0.984. The molecular weight excluding hydrogens is 216 g/mol. The van der Waals surface area contributed by atoms with Gasteiger partial charge in [0, 0.05) is 0 Å². The van der Waals surface area contributed by atoms with Gasteiger partial charge in [0.15, 0.2) is 0 Å². The second kappa shape index (κ2) is 5.03. The zero-order valence-corrected chi connectivity index (χ0v) is 9.47.